The van der Waals surface area contributed by atoms with Crippen LogP contribution in [0.3, 0.4) is 0 Å². The second-order valence-corrected chi connectivity index (χ2v) is 5.69. The zero-order chi connectivity index (χ0) is 13.6. The van der Waals surface area contributed by atoms with Gasteiger partial charge in [-0.05, 0) is 38.3 Å². The number of likely N-dealkylation sites (N-methyl/N-ethyl adjacent to an activating group) is 1. The summed E-state index contributed by atoms with van der Waals surface area (Å²) in [5.74, 6) is 0.309. The molecular formula is C15H31NO2. The lowest BCUT2D eigenvalue weighted by atomic mass is 9.80. The van der Waals surface area contributed by atoms with Crippen LogP contribution in [0.1, 0.15) is 52.9 Å². The van der Waals surface area contributed by atoms with Crippen LogP contribution in [0.5, 0.6) is 0 Å². The molecule has 0 aromatic rings. The summed E-state index contributed by atoms with van der Waals surface area (Å²) in [5.41, 5.74) is 0.0245. The first-order valence-corrected chi connectivity index (χ1v) is 7.54. The Morgan fingerprint density at radius 1 is 1.22 bits per heavy atom. The van der Waals surface area contributed by atoms with E-state index in [0.29, 0.717) is 5.92 Å². The Morgan fingerprint density at radius 3 is 2.22 bits per heavy atom. The molecule has 2 atom stereocenters. The number of nitrogens with zero attached hydrogens (tertiary/aromatic N) is 1. The van der Waals surface area contributed by atoms with E-state index in [4.69, 9.17) is 4.74 Å². The van der Waals surface area contributed by atoms with Crippen molar-refractivity contribution >= 4 is 0 Å². The predicted octanol–water partition coefficient (Wildman–Crippen LogP) is 2.67. The van der Waals surface area contributed by atoms with Gasteiger partial charge in [-0.15, -0.1) is 0 Å². The number of methoxy groups -OCH3 is 1. The minimum absolute atomic E-state index is 0.0245. The van der Waals surface area contributed by atoms with E-state index >= 15 is 0 Å². The monoisotopic (exact) mass is 257 g/mol. The summed E-state index contributed by atoms with van der Waals surface area (Å²) >= 11 is 0. The molecule has 1 N–H and O–H groups in total. The third-order valence-electron chi connectivity index (χ3n) is 4.73. The van der Waals surface area contributed by atoms with Crippen LogP contribution in [0.25, 0.3) is 0 Å². The van der Waals surface area contributed by atoms with Crippen molar-refractivity contribution in [2.45, 2.75) is 64.5 Å². The molecule has 1 aliphatic rings. The predicted molar refractivity (Wildman–Crippen MR) is 75.8 cm³/mol. The van der Waals surface area contributed by atoms with Crippen LogP contribution >= 0.6 is 0 Å². The number of aliphatic hydroxyl groups excluding tert-OH is 1. The molecule has 0 amide bonds. The Morgan fingerprint density at radius 2 is 1.78 bits per heavy atom. The summed E-state index contributed by atoms with van der Waals surface area (Å²) in [6.07, 6.45) is 5.52. The summed E-state index contributed by atoms with van der Waals surface area (Å²) in [6, 6.07) is 0. The first-order valence-electron chi connectivity index (χ1n) is 7.54. The van der Waals surface area contributed by atoms with E-state index in [2.05, 4.69) is 25.7 Å². The second kappa shape index (κ2) is 7.46. The van der Waals surface area contributed by atoms with Crippen LogP contribution in [0, 0.1) is 5.92 Å². The molecule has 0 bridgehead atoms. The molecule has 3 heteroatoms. The Labute approximate surface area is 113 Å². The van der Waals surface area contributed by atoms with E-state index in [0.717, 1.165) is 39.0 Å². The maximum atomic E-state index is 10.8. The topological polar surface area (TPSA) is 32.7 Å². The van der Waals surface area contributed by atoms with Crippen molar-refractivity contribution in [3.63, 3.8) is 0 Å². The molecule has 0 aromatic heterocycles. The second-order valence-electron chi connectivity index (χ2n) is 5.69. The first kappa shape index (κ1) is 15.9. The highest BCUT2D eigenvalue weighted by atomic mass is 16.5. The van der Waals surface area contributed by atoms with Gasteiger partial charge in [0.2, 0.25) is 0 Å². The van der Waals surface area contributed by atoms with Crippen LogP contribution in [0.4, 0.5) is 0 Å². The average molecular weight is 257 g/mol. The van der Waals surface area contributed by atoms with Crippen molar-refractivity contribution in [2.75, 3.05) is 26.8 Å². The molecule has 3 nitrogen and oxygen atoms in total. The molecule has 1 rings (SSSR count). The lowest BCUT2D eigenvalue weighted by molar-refractivity contribution is -0.0571. The zero-order valence-electron chi connectivity index (χ0n) is 12.6. The van der Waals surface area contributed by atoms with Crippen molar-refractivity contribution in [1.29, 1.82) is 0 Å². The molecule has 0 aromatic carbocycles. The van der Waals surface area contributed by atoms with Crippen LogP contribution in [-0.2, 0) is 4.74 Å². The van der Waals surface area contributed by atoms with E-state index in [1.165, 1.54) is 12.8 Å². The van der Waals surface area contributed by atoms with Crippen molar-refractivity contribution in [2.24, 2.45) is 5.92 Å². The van der Waals surface area contributed by atoms with Crippen LogP contribution in [0.15, 0.2) is 0 Å². The van der Waals surface area contributed by atoms with Crippen molar-refractivity contribution in [3.05, 3.63) is 0 Å². The third kappa shape index (κ3) is 3.25. The molecule has 0 heterocycles. The molecule has 1 saturated carbocycles. The lowest BCUT2D eigenvalue weighted by Crippen LogP contribution is -2.57. The summed E-state index contributed by atoms with van der Waals surface area (Å²) < 4.78 is 5.15. The van der Waals surface area contributed by atoms with Gasteiger partial charge in [-0.2, -0.15) is 0 Å². The van der Waals surface area contributed by atoms with Crippen LogP contribution in [0.2, 0.25) is 0 Å². The Balaban J connectivity index is 2.76. The smallest absolute Gasteiger partial charge is 0.0750 e. The zero-order valence-corrected chi connectivity index (χ0v) is 12.6. The quantitative estimate of drug-likeness (QED) is 0.725. The van der Waals surface area contributed by atoms with Crippen molar-refractivity contribution < 1.29 is 9.84 Å². The number of hydrogen-bond acceptors (Lipinski definition) is 3. The minimum atomic E-state index is -0.227. The molecule has 18 heavy (non-hydrogen) atoms. The molecule has 0 saturated heterocycles. The van der Waals surface area contributed by atoms with E-state index in [9.17, 15) is 5.11 Å². The molecular weight excluding hydrogens is 226 g/mol. The fraction of sp³-hybridized carbons (Fsp3) is 1.00. The van der Waals surface area contributed by atoms with Gasteiger partial charge in [0.1, 0.15) is 0 Å². The fourth-order valence-electron chi connectivity index (χ4n) is 3.63. The Hall–Kier alpha value is -0.120. The Bertz CT molecular complexity index is 223. The highest BCUT2D eigenvalue weighted by Crippen LogP contribution is 2.40. The number of aliphatic hydroxyl groups is 1. The van der Waals surface area contributed by atoms with Gasteiger partial charge in [-0.3, -0.25) is 4.90 Å². The van der Waals surface area contributed by atoms with Gasteiger partial charge < -0.3 is 9.84 Å². The average Bonchev–Trinajstić information content (AvgIpc) is 2.87. The molecule has 108 valence electrons. The normalized spacial score (nSPS) is 22.3. The summed E-state index contributed by atoms with van der Waals surface area (Å²) in [6.45, 7) is 9.38. The number of hydrogen-bond donors (Lipinski definition) is 1. The molecule has 0 spiro atoms. The van der Waals surface area contributed by atoms with Gasteiger partial charge in [-0.1, -0.05) is 33.6 Å². The maximum Gasteiger partial charge on any atom is 0.0750 e. The minimum Gasteiger partial charge on any atom is -0.391 e. The third-order valence-corrected chi connectivity index (χ3v) is 4.73. The van der Waals surface area contributed by atoms with Crippen LogP contribution < -0.4 is 0 Å². The lowest BCUT2D eigenvalue weighted by Gasteiger charge is -2.46. The first-order chi connectivity index (χ1) is 8.62. The van der Waals surface area contributed by atoms with Gasteiger partial charge in [0, 0.05) is 19.3 Å². The van der Waals surface area contributed by atoms with Crippen molar-refractivity contribution in [3.8, 4) is 0 Å². The SMILES string of the molecule is CCN(CC)C1(C(O)C(C)CCOC)CCCC1. The number of ether oxygens (including phenoxy) is 1. The highest BCUT2D eigenvalue weighted by Gasteiger charge is 2.45. The maximum absolute atomic E-state index is 10.8. The highest BCUT2D eigenvalue weighted by molar-refractivity contribution is 5.01. The van der Waals surface area contributed by atoms with E-state index in [1.807, 2.05) is 0 Å². The van der Waals surface area contributed by atoms with Gasteiger partial charge >= 0.3 is 0 Å². The fourth-order valence-corrected chi connectivity index (χ4v) is 3.63. The molecule has 0 radical (unpaired) electrons. The van der Waals surface area contributed by atoms with E-state index < -0.39 is 0 Å². The molecule has 0 aliphatic heterocycles. The van der Waals surface area contributed by atoms with Gasteiger partial charge in [0.15, 0.2) is 0 Å². The van der Waals surface area contributed by atoms with Gasteiger partial charge in [0.05, 0.1) is 6.10 Å². The summed E-state index contributed by atoms with van der Waals surface area (Å²) in [5, 5.41) is 10.8. The molecule has 2 unspecified atom stereocenters. The number of rotatable bonds is 8. The molecule has 1 aliphatic carbocycles. The standard InChI is InChI=1S/C15H31NO2/c1-5-16(6-2)15(10-7-8-11-15)14(17)13(3)9-12-18-4/h13-14,17H,5-12H2,1-4H3. The largest absolute Gasteiger partial charge is 0.391 e. The summed E-state index contributed by atoms with van der Waals surface area (Å²) in [7, 11) is 1.73. The van der Waals surface area contributed by atoms with E-state index in [1.54, 1.807) is 7.11 Å². The van der Waals surface area contributed by atoms with Crippen molar-refractivity contribution in [1.82, 2.24) is 4.90 Å². The molecule has 1 fully saturated rings. The Kier molecular flexibility index (Phi) is 6.61. The summed E-state index contributed by atoms with van der Waals surface area (Å²) in [4.78, 5) is 2.48. The van der Waals surface area contributed by atoms with Crippen LogP contribution in [-0.4, -0.2) is 48.5 Å². The van der Waals surface area contributed by atoms with Gasteiger partial charge in [0.25, 0.3) is 0 Å². The van der Waals surface area contributed by atoms with E-state index in [-0.39, 0.29) is 11.6 Å². The van der Waals surface area contributed by atoms with Gasteiger partial charge in [-0.25, -0.2) is 0 Å².